The highest BCUT2D eigenvalue weighted by molar-refractivity contribution is 6.39. The molecule has 0 bridgehead atoms. The van der Waals surface area contributed by atoms with E-state index in [1.165, 1.54) is 32.3 Å². The van der Waals surface area contributed by atoms with Gasteiger partial charge in [0.1, 0.15) is 0 Å². The van der Waals surface area contributed by atoms with Gasteiger partial charge in [0.05, 0.1) is 44.1 Å². The van der Waals surface area contributed by atoms with E-state index in [1.807, 2.05) is 0 Å². The third-order valence-corrected chi connectivity index (χ3v) is 10.5. The Bertz CT molecular complexity index is 2960. The summed E-state index contributed by atoms with van der Waals surface area (Å²) in [6.45, 7) is 0. The SMILES string of the molecule is c1ccc2c(c1)c1ccccc1c1nc3c4cccc5c6nc7c8ccccc8c8ccccc8c7nc6c6cccc(c3nc21)c6c45. The van der Waals surface area contributed by atoms with Gasteiger partial charge in [0.2, 0.25) is 0 Å². The zero-order chi connectivity index (χ0) is 31.1. The molecule has 10 aromatic carbocycles. The normalized spacial score (nSPS) is 12.6. The van der Waals surface area contributed by atoms with Crippen molar-refractivity contribution in [1.82, 2.24) is 19.9 Å². The van der Waals surface area contributed by atoms with Crippen LogP contribution in [0.1, 0.15) is 0 Å². The number of nitrogens with zero attached hydrogens (tertiary/aromatic N) is 4. The Hall–Kier alpha value is -6.52. The van der Waals surface area contributed by atoms with Crippen molar-refractivity contribution in [2.24, 2.45) is 0 Å². The molecule has 218 valence electrons. The Balaban J connectivity index is 1.34. The molecule has 0 aliphatic rings. The van der Waals surface area contributed by atoms with Crippen LogP contribution >= 0.6 is 0 Å². The highest BCUT2D eigenvalue weighted by Crippen LogP contribution is 2.45. The average molecular weight is 607 g/mol. The molecule has 4 heteroatoms. The summed E-state index contributed by atoms with van der Waals surface area (Å²) in [7, 11) is 0. The number of benzene rings is 10. The van der Waals surface area contributed by atoms with Crippen molar-refractivity contribution in [2.75, 3.05) is 0 Å². The van der Waals surface area contributed by atoms with Crippen LogP contribution in [0.3, 0.4) is 0 Å². The van der Waals surface area contributed by atoms with Crippen LogP contribution in [-0.4, -0.2) is 19.9 Å². The maximum absolute atomic E-state index is 5.51. The lowest BCUT2D eigenvalue weighted by Gasteiger charge is -2.18. The molecule has 0 fully saturated rings. The van der Waals surface area contributed by atoms with Crippen molar-refractivity contribution < 1.29 is 0 Å². The molecule has 0 unspecified atom stereocenters. The van der Waals surface area contributed by atoms with Crippen LogP contribution < -0.4 is 0 Å². The summed E-state index contributed by atoms with van der Waals surface area (Å²) in [6.07, 6.45) is 0. The first-order chi connectivity index (χ1) is 23.8. The molecule has 48 heavy (non-hydrogen) atoms. The fourth-order valence-electron chi connectivity index (χ4n) is 8.50. The third kappa shape index (κ3) is 2.92. The second kappa shape index (κ2) is 8.64. The van der Waals surface area contributed by atoms with Gasteiger partial charge in [-0.3, -0.25) is 0 Å². The molecular weight excluding hydrogens is 585 g/mol. The minimum Gasteiger partial charge on any atom is -0.243 e. The highest BCUT2D eigenvalue weighted by atomic mass is 14.8. The van der Waals surface area contributed by atoms with Gasteiger partial charge >= 0.3 is 0 Å². The Kier molecular flexibility index (Phi) is 4.44. The Morgan fingerprint density at radius 2 is 0.375 bits per heavy atom. The Morgan fingerprint density at radius 3 is 0.625 bits per heavy atom. The van der Waals surface area contributed by atoms with Crippen molar-refractivity contribution in [3.63, 3.8) is 0 Å². The van der Waals surface area contributed by atoms with Crippen molar-refractivity contribution >= 4 is 120 Å². The van der Waals surface area contributed by atoms with E-state index in [1.54, 1.807) is 0 Å². The Morgan fingerprint density at radius 1 is 0.188 bits per heavy atom. The molecule has 4 nitrogen and oxygen atoms in total. The summed E-state index contributed by atoms with van der Waals surface area (Å²) < 4.78 is 0. The maximum atomic E-state index is 5.51. The van der Waals surface area contributed by atoms with Gasteiger partial charge in [-0.1, -0.05) is 133 Å². The summed E-state index contributed by atoms with van der Waals surface area (Å²) in [5, 5.41) is 15.9. The summed E-state index contributed by atoms with van der Waals surface area (Å²) in [6, 6.07) is 47.3. The lowest BCUT2D eigenvalue weighted by Crippen LogP contribution is -1.97. The molecule has 0 N–H and O–H groups in total. The molecule has 12 aromatic rings. The van der Waals surface area contributed by atoms with Crippen molar-refractivity contribution in [2.45, 2.75) is 0 Å². The van der Waals surface area contributed by atoms with E-state index < -0.39 is 0 Å². The predicted octanol–water partition coefficient (Wildman–Crippen LogP) is 11.4. The molecule has 0 atom stereocenters. The lowest BCUT2D eigenvalue weighted by molar-refractivity contribution is 1.43. The monoisotopic (exact) mass is 606 g/mol. The number of hydrogen-bond donors (Lipinski definition) is 0. The molecule has 0 spiro atoms. The van der Waals surface area contributed by atoms with Crippen LogP contribution in [0.4, 0.5) is 0 Å². The lowest BCUT2D eigenvalue weighted by atomic mass is 9.90. The molecule has 0 aliphatic carbocycles. The number of hydrogen-bond acceptors (Lipinski definition) is 4. The molecule has 2 heterocycles. The molecule has 0 saturated heterocycles. The maximum Gasteiger partial charge on any atom is 0.0980 e. The molecule has 12 rings (SSSR count). The molecule has 0 aliphatic heterocycles. The van der Waals surface area contributed by atoms with Crippen LogP contribution in [0.25, 0.3) is 120 Å². The van der Waals surface area contributed by atoms with E-state index in [-0.39, 0.29) is 0 Å². The molecular formula is C44H22N4. The van der Waals surface area contributed by atoms with Gasteiger partial charge in [-0.05, 0) is 21.5 Å². The van der Waals surface area contributed by atoms with E-state index in [2.05, 4.69) is 133 Å². The quantitative estimate of drug-likeness (QED) is 0.127. The van der Waals surface area contributed by atoms with Crippen LogP contribution in [0.15, 0.2) is 133 Å². The summed E-state index contributed by atoms with van der Waals surface area (Å²) in [4.78, 5) is 22.0. The average Bonchev–Trinajstić information content (AvgIpc) is 3.16. The standard InChI is InChI=1S/C44H22N4/c1-5-15-27-23(11-1)24-12-2-6-16-28(24)38-37(27)45-41-31-19-9-21-33-35(31)36-32(42(41)46-38)20-10-22-34(36)44-43(33)47-39-29-17-7-3-13-25(29)26-14-4-8-18-30(26)40(39)48-44/h1-22H. The molecule has 0 saturated carbocycles. The minimum absolute atomic E-state index is 0.915. The first kappa shape index (κ1) is 24.7. The van der Waals surface area contributed by atoms with Crippen molar-refractivity contribution in [3.05, 3.63) is 133 Å². The summed E-state index contributed by atoms with van der Waals surface area (Å²) in [5.74, 6) is 0. The fourth-order valence-corrected chi connectivity index (χ4v) is 8.50. The second-order valence-corrected chi connectivity index (χ2v) is 12.9. The van der Waals surface area contributed by atoms with Crippen LogP contribution in [0.5, 0.6) is 0 Å². The van der Waals surface area contributed by atoms with Gasteiger partial charge in [-0.2, -0.15) is 0 Å². The van der Waals surface area contributed by atoms with Gasteiger partial charge in [0, 0.05) is 53.9 Å². The van der Waals surface area contributed by atoms with Gasteiger partial charge in [0.25, 0.3) is 0 Å². The van der Waals surface area contributed by atoms with E-state index in [4.69, 9.17) is 19.9 Å². The minimum atomic E-state index is 0.915. The van der Waals surface area contributed by atoms with Gasteiger partial charge in [0.15, 0.2) is 0 Å². The van der Waals surface area contributed by atoms with Gasteiger partial charge in [-0.25, -0.2) is 19.9 Å². The number of aromatic nitrogens is 4. The van der Waals surface area contributed by atoms with Crippen LogP contribution in [0, 0.1) is 0 Å². The second-order valence-electron chi connectivity index (χ2n) is 12.9. The van der Waals surface area contributed by atoms with Crippen molar-refractivity contribution in [3.8, 4) is 0 Å². The Labute approximate surface area is 272 Å². The largest absolute Gasteiger partial charge is 0.243 e. The topological polar surface area (TPSA) is 51.6 Å². The predicted molar refractivity (Wildman–Crippen MR) is 201 cm³/mol. The number of rotatable bonds is 0. The molecule has 0 amide bonds. The highest BCUT2D eigenvalue weighted by Gasteiger charge is 2.22. The number of fused-ring (bicyclic) bond motifs is 18. The molecule has 2 aromatic heterocycles. The van der Waals surface area contributed by atoms with E-state index in [9.17, 15) is 0 Å². The zero-order valence-corrected chi connectivity index (χ0v) is 25.5. The fraction of sp³-hybridized carbons (Fsp3) is 0. The molecule has 0 radical (unpaired) electrons. The third-order valence-electron chi connectivity index (χ3n) is 10.5. The zero-order valence-electron chi connectivity index (χ0n) is 25.5. The van der Waals surface area contributed by atoms with E-state index >= 15 is 0 Å². The first-order valence-corrected chi connectivity index (χ1v) is 16.3. The van der Waals surface area contributed by atoms with Crippen molar-refractivity contribution in [1.29, 1.82) is 0 Å². The van der Waals surface area contributed by atoms with Gasteiger partial charge < -0.3 is 0 Å². The van der Waals surface area contributed by atoms with E-state index in [0.717, 1.165) is 87.2 Å². The van der Waals surface area contributed by atoms with Crippen LogP contribution in [-0.2, 0) is 0 Å². The van der Waals surface area contributed by atoms with Crippen LogP contribution in [0.2, 0.25) is 0 Å². The van der Waals surface area contributed by atoms with Gasteiger partial charge in [-0.15, -0.1) is 0 Å². The van der Waals surface area contributed by atoms with E-state index in [0.29, 0.717) is 0 Å². The smallest absolute Gasteiger partial charge is 0.0980 e. The first-order valence-electron chi connectivity index (χ1n) is 16.3. The summed E-state index contributed by atoms with van der Waals surface area (Å²) >= 11 is 0. The summed E-state index contributed by atoms with van der Waals surface area (Å²) in [5.41, 5.74) is 7.38.